The van der Waals surface area contributed by atoms with Crippen molar-refractivity contribution in [2.45, 2.75) is 19.4 Å². The molecule has 1 fully saturated rings. The second-order valence-electron chi connectivity index (χ2n) is 9.67. The molecule has 5 rings (SSSR count). The first kappa shape index (κ1) is 28.0. The molecule has 0 bridgehead atoms. The Morgan fingerprint density at radius 2 is 1.80 bits per heavy atom. The number of esters is 1. The molecule has 10 nitrogen and oxygen atoms in total. The number of hydrogen-bond donors (Lipinski definition) is 2. The van der Waals surface area contributed by atoms with Gasteiger partial charge in [-0.25, -0.2) is 0 Å². The van der Waals surface area contributed by atoms with Crippen LogP contribution >= 0.6 is 0 Å². The lowest BCUT2D eigenvalue weighted by Gasteiger charge is -2.26. The Morgan fingerprint density at radius 1 is 1.00 bits per heavy atom. The number of nitrogens with zero attached hydrogens (tertiary/aromatic N) is 3. The maximum Gasteiger partial charge on any atom is 0.306 e. The van der Waals surface area contributed by atoms with Crippen LogP contribution in [-0.4, -0.2) is 71.4 Å². The maximum atomic E-state index is 12.7. The van der Waals surface area contributed by atoms with E-state index >= 15 is 0 Å². The molecule has 0 saturated carbocycles. The van der Waals surface area contributed by atoms with E-state index < -0.39 is 0 Å². The molecule has 0 atom stereocenters. The topological polar surface area (TPSA) is 119 Å². The van der Waals surface area contributed by atoms with Crippen LogP contribution in [0.5, 0.6) is 5.75 Å². The van der Waals surface area contributed by atoms with Crippen LogP contribution in [0.1, 0.15) is 27.9 Å². The zero-order chi connectivity index (χ0) is 28.3. The number of carbonyl (C=O) groups excluding carboxylic acids is 2. The molecule has 0 radical (unpaired) electrons. The number of morpholine rings is 1. The molecule has 0 aliphatic carbocycles. The highest BCUT2D eigenvalue weighted by molar-refractivity contribution is 6.04. The molecular weight excluding hydrogens is 522 g/mol. The number of benzene rings is 2. The largest absolute Gasteiger partial charge is 0.492 e. The predicted octanol–water partition coefficient (Wildman–Crippen LogP) is 4.11. The molecule has 1 amide bonds. The lowest BCUT2D eigenvalue weighted by Crippen LogP contribution is -2.38. The average molecular weight is 556 g/mol. The second-order valence-corrected chi connectivity index (χ2v) is 9.67. The second kappa shape index (κ2) is 14.2. The number of nitrogens with one attached hydrogen (secondary N) is 2. The van der Waals surface area contributed by atoms with Crippen LogP contribution in [0.2, 0.25) is 0 Å². The minimum atomic E-state index is -0.256. The van der Waals surface area contributed by atoms with Crippen molar-refractivity contribution in [3.05, 3.63) is 95.8 Å². The van der Waals surface area contributed by atoms with E-state index in [4.69, 9.17) is 14.2 Å². The minimum Gasteiger partial charge on any atom is -0.492 e. The van der Waals surface area contributed by atoms with Crippen molar-refractivity contribution in [1.29, 1.82) is 0 Å². The summed E-state index contributed by atoms with van der Waals surface area (Å²) < 4.78 is 16.5. The number of aromatic nitrogens is 3. The molecule has 1 aliphatic rings. The van der Waals surface area contributed by atoms with Gasteiger partial charge in [-0.3, -0.25) is 24.6 Å². The van der Waals surface area contributed by atoms with E-state index in [-0.39, 0.29) is 18.5 Å². The van der Waals surface area contributed by atoms with Gasteiger partial charge in [-0.2, -0.15) is 5.10 Å². The Hall–Kier alpha value is -4.54. The molecule has 10 heteroatoms. The van der Waals surface area contributed by atoms with Gasteiger partial charge in [0.1, 0.15) is 19.0 Å². The van der Waals surface area contributed by atoms with Gasteiger partial charge in [0.2, 0.25) is 0 Å². The molecule has 2 aromatic carbocycles. The fourth-order valence-electron chi connectivity index (χ4n) is 4.36. The van der Waals surface area contributed by atoms with Crippen molar-refractivity contribution < 1.29 is 23.8 Å². The lowest BCUT2D eigenvalue weighted by atomic mass is 10.1. The Morgan fingerprint density at radius 3 is 2.56 bits per heavy atom. The Balaban J connectivity index is 1.06. The van der Waals surface area contributed by atoms with E-state index in [1.54, 1.807) is 42.7 Å². The summed E-state index contributed by atoms with van der Waals surface area (Å²) in [7, 11) is 0. The normalized spacial score (nSPS) is 13.5. The summed E-state index contributed by atoms with van der Waals surface area (Å²) in [5.41, 5.74) is 4.08. The summed E-state index contributed by atoms with van der Waals surface area (Å²) in [5.74, 6) is 0.643. The average Bonchev–Trinajstić information content (AvgIpc) is 3.49. The number of anilines is 1. The third-order valence-electron chi connectivity index (χ3n) is 6.72. The molecule has 3 heterocycles. The van der Waals surface area contributed by atoms with Crippen LogP contribution in [0.4, 0.5) is 5.82 Å². The quantitative estimate of drug-likeness (QED) is 0.251. The van der Waals surface area contributed by atoms with Crippen LogP contribution in [0.25, 0.3) is 11.3 Å². The van der Waals surface area contributed by atoms with Crippen molar-refractivity contribution in [2.24, 2.45) is 0 Å². The van der Waals surface area contributed by atoms with Crippen LogP contribution in [0.15, 0.2) is 79.1 Å². The van der Waals surface area contributed by atoms with Gasteiger partial charge in [0, 0.05) is 55.6 Å². The van der Waals surface area contributed by atoms with Gasteiger partial charge in [-0.15, -0.1) is 0 Å². The zero-order valence-electron chi connectivity index (χ0n) is 22.8. The number of rotatable bonds is 12. The molecule has 212 valence electrons. The van der Waals surface area contributed by atoms with Crippen molar-refractivity contribution in [2.75, 3.05) is 44.8 Å². The van der Waals surface area contributed by atoms with Gasteiger partial charge >= 0.3 is 5.97 Å². The summed E-state index contributed by atoms with van der Waals surface area (Å²) in [6.45, 7) is 5.04. The number of aromatic amines is 1. The number of ether oxygens (including phenoxy) is 3. The van der Waals surface area contributed by atoms with E-state index in [2.05, 4.69) is 25.4 Å². The Labute approximate surface area is 238 Å². The Bertz CT molecular complexity index is 1400. The maximum absolute atomic E-state index is 12.7. The van der Waals surface area contributed by atoms with Crippen molar-refractivity contribution in [3.8, 4) is 17.0 Å². The summed E-state index contributed by atoms with van der Waals surface area (Å²) in [6, 6.07) is 20.4. The van der Waals surface area contributed by atoms with Crippen LogP contribution in [-0.2, 0) is 27.3 Å². The van der Waals surface area contributed by atoms with Gasteiger partial charge in [-0.1, -0.05) is 30.3 Å². The first-order chi connectivity index (χ1) is 20.1. The molecule has 0 unspecified atom stereocenters. The minimum absolute atomic E-state index is 0.222. The highest BCUT2D eigenvalue weighted by Gasteiger charge is 2.12. The predicted molar refractivity (Wildman–Crippen MR) is 154 cm³/mol. The lowest BCUT2D eigenvalue weighted by molar-refractivity contribution is -0.144. The fourth-order valence-corrected chi connectivity index (χ4v) is 4.36. The number of hydrogen-bond acceptors (Lipinski definition) is 8. The van der Waals surface area contributed by atoms with E-state index in [1.165, 1.54) is 0 Å². The van der Waals surface area contributed by atoms with Gasteiger partial charge in [-0.05, 0) is 47.9 Å². The summed E-state index contributed by atoms with van der Waals surface area (Å²) in [4.78, 5) is 31.1. The monoisotopic (exact) mass is 555 g/mol. The molecule has 1 saturated heterocycles. The third kappa shape index (κ3) is 8.47. The smallest absolute Gasteiger partial charge is 0.306 e. The number of carbonyl (C=O) groups is 2. The van der Waals surface area contributed by atoms with E-state index in [0.29, 0.717) is 30.8 Å². The van der Waals surface area contributed by atoms with Crippen LogP contribution in [0.3, 0.4) is 0 Å². The van der Waals surface area contributed by atoms with E-state index in [1.807, 2.05) is 36.4 Å². The number of H-pyrrole nitrogens is 1. The van der Waals surface area contributed by atoms with E-state index in [9.17, 15) is 9.59 Å². The summed E-state index contributed by atoms with van der Waals surface area (Å²) in [6.07, 6.45) is 4.23. The molecule has 2 aromatic heterocycles. The molecule has 2 N–H and O–H groups in total. The highest BCUT2D eigenvalue weighted by atomic mass is 16.5. The van der Waals surface area contributed by atoms with Gasteiger partial charge in [0.25, 0.3) is 5.91 Å². The number of pyridine rings is 1. The number of amides is 1. The molecule has 1 aliphatic heterocycles. The zero-order valence-corrected chi connectivity index (χ0v) is 22.8. The fraction of sp³-hybridized carbons (Fsp3) is 0.290. The van der Waals surface area contributed by atoms with Crippen molar-refractivity contribution in [3.63, 3.8) is 0 Å². The van der Waals surface area contributed by atoms with E-state index in [0.717, 1.165) is 61.0 Å². The van der Waals surface area contributed by atoms with Gasteiger partial charge < -0.3 is 19.5 Å². The Kier molecular flexibility index (Phi) is 9.70. The standard InChI is InChI=1S/C31H33N5O5/c37-30(41-22-24-2-1-13-32-21-24)12-5-23-3-6-25(7-4-23)28-20-29(35-34-28)33-31(38)26-8-10-27(11-9-26)40-19-16-36-14-17-39-18-15-36/h1-4,6-11,13,20-21H,5,12,14-19,22H2,(H2,33,34,35,38). The van der Waals surface area contributed by atoms with Crippen molar-refractivity contribution in [1.82, 2.24) is 20.1 Å². The molecule has 4 aromatic rings. The van der Waals surface area contributed by atoms with Crippen LogP contribution in [0, 0.1) is 0 Å². The van der Waals surface area contributed by atoms with Gasteiger partial charge in [0.15, 0.2) is 5.82 Å². The molecule has 41 heavy (non-hydrogen) atoms. The van der Waals surface area contributed by atoms with Crippen LogP contribution < -0.4 is 10.1 Å². The first-order valence-electron chi connectivity index (χ1n) is 13.7. The summed E-state index contributed by atoms with van der Waals surface area (Å²) in [5, 5.41) is 10.0. The SMILES string of the molecule is O=C(CCc1ccc(-c2cc(NC(=O)c3ccc(OCCN4CCOCC4)cc3)n[nH]2)cc1)OCc1cccnc1. The number of aryl methyl sites for hydroxylation is 1. The molecular formula is C31H33N5O5. The molecule has 0 spiro atoms. The summed E-state index contributed by atoms with van der Waals surface area (Å²) >= 11 is 0. The first-order valence-corrected chi connectivity index (χ1v) is 13.7. The highest BCUT2D eigenvalue weighted by Crippen LogP contribution is 2.22. The third-order valence-corrected chi connectivity index (χ3v) is 6.72. The van der Waals surface area contributed by atoms with Crippen molar-refractivity contribution >= 4 is 17.7 Å². The van der Waals surface area contributed by atoms with Gasteiger partial charge in [0.05, 0.1) is 18.9 Å².